The second-order valence-electron chi connectivity index (χ2n) is 3.39. The van der Waals surface area contributed by atoms with Crippen molar-refractivity contribution < 1.29 is 5.11 Å². The lowest BCUT2D eigenvalue weighted by molar-refractivity contribution is 0.183. The number of hydrogen-bond acceptors (Lipinski definition) is 4. The fourth-order valence-electron chi connectivity index (χ4n) is 1.16. The van der Waals surface area contributed by atoms with E-state index in [0.717, 1.165) is 25.2 Å². The Morgan fingerprint density at radius 1 is 1.64 bits per heavy atom. The molecule has 0 aliphatic rings. The first kappa shape index (κ1) is 10.8. The second kappa shape index (κ2) is 5.44. The molecule has 1 rings (SSSR count). The van der Waals surface area contributed by atoms with E-state index in [-0.39, 0.29) is 6.10 Å². The molecule has 78 valence electrons. The van der Waals surface area contributed by atoms with Crippen molar-refractivity contribution in [3.63, 3.8) is 0 Å². The third-order valence-electron chi connectivity index (χ3n) is 1.89. The van der Waals surface area contributed by atoms with Crippen molar-refractivity contribution in [1.29, 1.82) is 0 Å². The molecule has 0 saturated carbocycles. The van der Waals surface area contributed by atoms with E-state index in [1.165, 1.54) is 0 Å². The Hall–Kier alpha value is -1.29. The summed E-state index contributed by atoms with van der Waals surface area (Å²) in [5.41, 5.74) is 6.30. The Kier molecular flexibility index (Phi) is 4.19. The number of anilines is 2. The minimum atomic E-state index is -0.231. The van der Waals surface area contributed by atoms with Gasteiger partial charge in [0.15, 0.2) is 0 Å². The fraction of sp³-hybridized carbons (Fsp3) is 0.500. The zero-order chi connectivity index (χ0) is 10.4. The van der Waals surface area contributed by atoms with E-state index in [1.54, 1.807) is 25.3 Å². The zero-order valence-corrected chi connectivity index (χ0v) is 8.40. The molecule has 1 unspecified atom stereocenters. The van der Waals surface area contributed by atoms with Gasteiger partial charge in [0.25, 0.3) is 0 Å². The number of aliphatic hydroxyl groups excluding tert-OH is 1. The van der Waals surface area contributed by atoms with Crippen LogP contribution in [0.4, 0.5) is 11.5 Å². The first-order valence-electron chi connectivity index (χ1n) is 4.82. The van der Waals surface area contributed by atoms with E-state index < -0.39 is 0 Å². The number of nitrogen functional groups attached to an aromatic ring is 1. The molecule has 14 heavy (non-hydrogen) atoms. The van der Waals surface area contributed by atoms with Gasteiger partial charge in [-0.2, -0.15) is 0 Å². The van der Waals surface area contributed by atoms with Crippen LogP contribution in [0.2, 0.25) is 0 Å². The van der Waals surface area contributed by atoms with Crippen LogP contribution in [0, 0.1) is 0 Å². The van der Waals surface area contributed by atoms with Crippen molar-refractivity contribution >= 4 is 11.5 Å². The Morgan fingerprint density at radius 2 is 2.43 bits per heavy atom. The molecule has 0 saturated heterocycles. The highest BCUT2D eigenvalue weighted by Crippen LogP contribution is 2.07. The molecule has 4 heteroatoms. The molecule has 0 bridgehead atoms. The summed E-state index contributed by atoms with van der Waals surface area (Å²) in [7, 11) is 0. The van der Waals surface area contributed by atoms with Gasteiger partial charge in [0.05, 0.1) is 6.10 Å². The topological polar surface area (TPSA) is 71.2 Å². The normalized spacial score (nSPS) is 12.4. The lowest BCUT2D eigenvalue weighted by Gasteiger charge is -2.06. The number of hydrogen-bond donors (Lipinski definition) is 3. The smallest absolute Gasteiger partial charge is 0.127 e. The highest BCUT2D eigenvalue weighted by atomic mass is 16.3. The van der Waals surface area contributed by atoms with Crippen LogP contribution >= 0.6 is 0 Å². The number of rotatable bonds is 5. The summed E-state index contributed by atoms with van der Waals surface area (Å²) >= 11 is 0. The van der Waals surface area contributed by atoms with E-state index >= 15 is 0 Å². The summed E-state index contributed by atoms with van der Waals surface area (Å²) in [6, 6.07) is 3.54. The molecule has 0 aliphatic heterocycles. The molecule has 0 fully saturated rings. The molecule has 0 radical (unpaired) electrons. The van der Waals surface area contributed by atoms with Gasteiger partial charge in [-0.25, -0.2) is 4.98 Å². The zero-order valence-electron chi connectivity index (χ0n) is 8.40. The maximum atomic E-state index is 9.03. The molecule has 4 N–H and O–H groups in total. The fourth-order valence-corrected chi connectivity index (χ4v) is 1.16. The lowest BCUT2D eigenvalue weighted by atomic mass is 10.2. The van der Waals surface area contributed by atoms with Crippen molar-refractivity contribution in [2.75, 3.05) is 17.6 Å². The van der Waals surface area contributed by atoms with Crippen LogP contribution in [-0.2, 0) is 0 Å². The molecule has 0 aliphatic carbocycles. The summed E-state index contributed by atoms with van der Waals surface area (Å²) in [6.45, 7) is 2.60. The Bertz CT molecular complexity index is 276. The van der Waals surface area contributed by atoms with Crippen LogP contribution < -0.4 is 11.1 Å². The van der Waals surface area contributed by atoms with Gasteiger partial charge in [-0.15, -0.1) is 0 Å². The van der Waals surface area contributed by atoms with Gasteiger partial charge in [0.2, 0.25) is 0 Å². The molecule has 0 amide bonds. The van der Waals surface area contributed by atoms with Gasteiger partial charge in [-0.05, 0) is 25.8 Å². The third-order valence-corrected chi connectivity index (χ3v) is 1.89. The van der Waals surface area contributed by atoms with Crippen molar-refractivity contribution in [2.45, 2.75) is 25.9 Å². The van der Waals surface area contributed by atoms with Crippen LogP contribution in [0.3, 0.4) is 0 Å². The number of aromatic nitrogens is 1. The number of nitrogens with two attached hydrogens (primary N) is 1. The Balaban J connectivity index is 2.25. The third kappa shape index (κ3) is 4.09. The monoisotopic (exact) mass is 195 g/mol. The van der Waals surface area contributed by atoms with Crippen LogP contribution in [0.15, 0.2) is 18.3 Å². The second-order valence-corrected chi connectivity index (χ2v) is 3.39. The van der Waals surface area contributed by atoms with E-state index in [1.807, 2.05) is 0 Å². The quantitative estimate of drug-likeness (QED) is 0.618. The standard InChI is InChI=1S/C10H17N3O/c1-8(14)3-2-5-12-10-7-9(11)4-6-13-10/h4,6-8,14H,2-3,5H2,1H3,(H3,11,12,13). The first-order valence-corrected chi connectivity index (χ1v) is 4.82. The molecule has 1 heterocycles. The Labute approximate surface area is 84.2 Å². The largest absolute Gasteiger partial charge is 0.399 e. The summed E-state index contributed by atoms with van der Waals surface area (Å²) < 4.78 is 0. The van der Waals surface area contributed by atoms with Gasteiger partial charge in [-0.3, -0.25) is 0 Å². The van der Waals surface area contributed by atoms with Gasteiger partial charge < -0.3 is 16.2 Å². The van der Waals surface area contributed by atoms with Crippen molar-refractivity contribution in [1.82, 2.24) is 4.98 Å². The van der Waals surface area contributed by atoms with Crippen molar-refractivity contribution in [3.8, 4) is 0 Å². The van der Waals surface area contributed by atoms with E-state index in [4.69, 9.17) is 10.8 Å². The maximum absolute atomic E-state index is 9.03. The number of nitrogens with one attached hydrogen (secondary N) is 1. The molecular weight excluding hydrogens is 178 g/mol. The minimum absolute atomic E-state index is 0.231. The van der Waals surface area contributed by atoms with Gasteiger partial charge in [-0.1, -0.05) is 0 Å². The molecule has 1 aromatic heterocycles. The van der Waals surface area contributed by atoms with E-state index in [0.29, 0.717) is 5.69 Å². The first-order chi connectivity index (χ1) is 6.68. The van der Waals surface area contributed by atoms with E-state index in [9.17, 15) is 0 Å². The van der Waals surface area contributed by atoms with Crippen LogP contribution in [0.1, 0.15) is 19.8 Å². The molecule has 1 aromatic rings. The lowest BCUT2D eigenvalue weighted by Crippen LogP contribution is -2.07. The summed E-state index contributed by atoms with van der Waals surface area (Å²) in [6.07, 6.45) is 3.17. The number of aliphatic hydroxyl groups is 1. The average Bonchev–Trinajstić information content (AvgIpc) is 2.12. The van der Waals surface area contributed by atoms with Gasteiger partial charge in [0.1, 0.15) is 5.82 Å². The highest BCUT2D eigenvalue weighted by Gasteiger charge is 1.96. The van der Waals surface area contributed by atoms with Crippen molar-refractivity contribution in [2.24, 2.45) is 0 Å². The average molecular weight is 195 g/mol. The summed E-state index contributed by atoms with van der Waals surface area (Å²) in [4.78, 5) is 4.10. The van der Waals surface area contributed by atoms with Crippen LogP contribution in [-0.4, -0.2) is 22.7 Å². The molecule has 0 spiro atoms. The van der Waals surface area contributed by atoms with E-state index in [2.05, 4.69) is 10.3 Å². The predicted octanol–water partition coefficient (Wildman–Crippen LogP) is 1.24. The maximum Gasteiger partial charge on any atom is 0.127 e. The summed E-state index contributed by atoms with van der Waals surface area (Å²) in [5, 5.41) is 12.2. The summed E-state index contributed by atoms with van der Waals surface area (Å²) in [5.74, 6) is 0.788. The van der Waals surface area contributed by atoms with Crippen molar-refractivity contribution in [3.05, 3.63) is 18.3 Å². The van der Waals surface area contributed by atoms with Gasteiger partial charge in [0, 0.05) is 24.5 Å². The highest BCUT2D eigenvalue weighted by molar-refractivity contribution is 5.48. The predicted molar refractivity (Wildman–Crippen MR) is 58.1 cm³/mol. The van der Waals surface area contributed by atoms with Crippen LogP contribution in [0.25, 0.3) is 0 Å². The molecule has 0 aromatic carbocycles. The molecular formula is C10H17N3O. The Morgan fingerprint density at radius 3 is 3.07 bits per heavy atom. The minimum Gasteiger partial charge on any atom is -0.399 e. The number of pyridine rings is 1. The molecule has 1 atom stereocenters. The van der Waals surface area contributed by atoms with Crippen LogP contribution in [0.5, 0.6) is 0 Å². The SMILES string of the molecule is CC(O)CCCNc1cc(N)ccn1. The molecule has 4 nitrogen and oxygen atoms in total. The number of nitrogens with zero attached hydrogens (tertiary/aromatic N) is 1. The van der Waals surface area contributed by atoms with Gasteiger partial charge >= 0.3 is 0 Å².